The molecular formula is C62H100O6. The summed E-state index contributed by atoms with van der Waals surface area (Å²) in [5, 5.41) is 0. The molecule has 0 radical (unpaired) electrons. The average molecular weight is 941 g/mol. The third-order valence-electron chi connectivity index (χ3n) is 11.2. The van der Waals surface area contributed by atoms with E-state index in [0.717, 1.165) is 103 Å². The van der Waals surface area contributed by atoms with E-state index in [0.29, 0.717) is 12.8 Å². The Morgan fingerprint density at radius 1 is 0.324 bits per heavy atom. The van der Waals surface area contributed by atoms with Gasteiger partial charge in [-0.2, -0.15) is 0 Å². The van der Waals surface area contributed by atoms with Crippen molar-refractivity contribution in [1.82, 2.24) is 0 Å². The van der Waals surface area contributed by atoms with Crippen LogP contribution in [0.1, 0.15) is 233 Å². The van der Waals surface area contributed by atoms with Crippen LogP contribution in [0.4, 0.5) is 0 Å². The van der Waals surface area contributed by atoms with Crippen molar-refractivity contribution in [2.75, 3.05) is 13.2 Å². The molecular weight excluding hydrogens is 841 g/mol. The highest BCUT2D eigenvalue weighted by Gasteiger charge is 2.19. The Morgan fingerprint density at radius 3 is 0.971 bits per heavy atom. The molecule has 0 saturated heterocycles. The topological polar surface area (TPSA) is 78.9 Å². The van der Waals surface area contributed by atoms with E-state index in [4.69, 9.17) is 14.2 Å². The van der Waals surface area contributed by atoms with E-state index in [-0.39, 0.29) is 31.6 Å². The average Bonchev–Trinajstić information content (AvgIpc) is 3.34. The summed E-state index contributed by atoms with van der Waals surface area (Å²) >= 11 is 0. The van der Waals surface area contributed by atoms with E-state index in [2.05, 4.69) is 130 Å². The molecule has 0 amide bonds. The standard InChI is InChI=1S/C62H100O6/c1-4-7-10-13-16-19-21-23-25-26-27-28-29-30-31-32-33-34-35-36-38-39-41-43-46-49-52-55-61(64)67-58-59(57-66-60(63)54-51-48-45-18-15-12-9-6-3)68-62(65)56-53-50-47-44-42-40-37-24-22-20-17-14-11-8-5-2/h7-8,10-11,16-17,19-20,23-25,27-28,30-31,37,42,44,50,53,59H,4-6,9,12-15,18,21-22,26,29,32-36,38-41,43,45-49,51-52,54-58H2,1-3H3/b10-7-,11-8-,19-16-,20-17-,25-23-,28-27-,31-30-,37-24-,44-42-,53-50-. The van der Waals surface area contributed by atoms with Crippen LogP contribution in [0.2, 0.25) is 0 Å². The predicted octanol–water partition coefficient (Wildman–Crippen LogP) is 18.5. The van der Waals surface area contributed by atoms with Crippen molar-refractivity contribution in [1.29, 1.82) is 0 Å². The van der Waals surface area contributed by atoms with Crippen LogP contribution in [0, 0.1) is 0 Å². The molecule has 0 aromatic carbocycles. The summed E-state index contributed by atoms with van der Waals surface area (Å²) in [5.41, 5.74) is 0. The second-order valence-corrected chi connectivity index (χ2v) is 17.8. The van der Waals surface area contributed by atoms with Crippen molar-refractivity contribution in [3.05, 3.63) is 122 Å². The van der Waals surface area contributed by atoms with Gasteiger partial charge in [-0.05, 0) is 89.9 Å². The number of esters is 3. The number of unbranched alkanes of at least 4 members (excludes halogenated alkanes) is 18. The van der Waals surface area contributed by atoms with Crippen LogP contribution in [0.5, 0.6) is 0 Å². The third-order valence-corrected chi connectivity index (χ3v) is 11.2. The highest BCUT2D eigenvalue weighted by molar-refractivity contribution is 5.72. The van der Waals surface area contributed by atoms with Crippen LogP contribution in [-0.4, -0.2) is 37.2 Å². The molecule has 0 heterocycles. The Balaban J connectivity index is 4.28. The number of carbonyl (C=O) groups excluding carboxylic acids is 3. The lowest BCUT2D eigenvalue weighted by Gasteiger charge is -2.18. The van der Waals surface area contributed by atoms with Gasteiger partial charge in [0.05, 0.1) is 6.42 Å². The predicted molar refractivity (Wildman–Crippen MR) is 293 cm³/mol. The molecule has 0 bridgehead atoms. The van der Waals surface area contributed by atoms with Gasteiger partial charge in [0.15, 0.2) is 6.10 Å². The number of ether oxygens (including phenoxy) is 3. The zero-order valence-electron chi connectivity index (χ0n) is 43.8. The third kappa shape index (κ3) is 52.8. The molecule has 384 valence electrons. The highest BCUT2D eigenvalue weighted by Crippen LogP contribution is 2.14. The Hall–Kier alpha value is -4.19. The maximum absolute atomic E-state index is 12.7. The molecule has 0 fully saturated rings. The van der Waals surface area contributed by atoms with Crippen LogP contribution in [0.25, 0.3) is 0 Å². The van der Waals surface area contributed by atoms with Gasteiger partial charge in [0.2, 0.25) is 0 Å². The molecule has 6 heteroatoms. The molecule has 1 atom stereocenters. The van der Waals surface area contributed by atoms with E-state index in [1.165, 1.54) is 89.9 Å². The van der Waals surface area contributed by atoms with Crippen LogP contribution < -0.4 is 0 Å². The molecule has 0 aliphatic rings. The Bertz CT molecular complexity index is 1450. The molecule has 0 aliphatic heterocycles. The van der Waals surface area contributed by atoms with Gasteiger partial charge in [0.1, 0.15) is 13.2 Å². The summed E-state index contributed by atoms with van der Waals surface area (Å²) in [6.07, 6.45) is 76.6. The zero-order chi connectivity index (χ0) is 49.3. The van der Waals surface area contributed by atoms with E-state index < -0.39 is 12.1 Å². The monoisotopic (exact) mass is 941 g/mol. The van der Waals surface area contributed by atoms with Gasteiger partial charge in [0.25, 0.3) is 0 Å². The molecule has 0 aromatic rings. The molecule has 0 aromatic heterocycles. The van der Waals surface area contributed by atoms with Crippen molar-refractivity contribution in [2.24, 2.45) is 0 Å². The van der Waals surface area contributed by atoms with Gasteiger partial charge in [-0.25, -0.2) is 0 Å². The minimum absolute atomic E-state index is 0.0938. The molecule has 68 heavy (non-hydrogen) atoms. The largest absolute Gasteiger partial charge is 0.462 e. The highest BCUT2D eigenvalue weighted by atomic mass is 16.6. The molecule has 0 N–H and O–H groups in total. The first-order chi connectivity index (χ1) is 33.5. The molecule has 1 unspecified atom stereocenters. The van der Waals surface area contributed by atoms with Crippen molar-refractivity contribution in [2.45, 2.75) is 239 Å². The lowest BCUT2D eigenvalue weighted by Crippen LogP contribution is -2.30. The Morgan fingerprint density at radius 2 is 0.618 bits per heavy atom. The summed E-state index contributed by atoms with van der Waals surface area (Å²) in [6, 6.07) is 0. The number of hydrogen-bond acceptors (Lipinski definition) is 6. The van der Waals surface area contributed by atoms with Gasteiger partial charge >= 0.3 is 17.9 Å². The molecule has 0 aliphatic carbocycles. The summed E-state index contributed by atoms with van der Waals surface area (Å²) in [4.78, 5) is 37.8. The Kier molecular flexibility index (Phi) is 52.0. The number of allylic oxidation sites excluding steroid dienone is 19. The van der Waals surface area contributed by atoms with Gasteiger partial charge in [-0.1, -0.05) is 245 Å². The van der Waals surface area contributed by atoms with E-state index in [1.54, 1.807) is 6.08 Å². The molecule has 0 saturated carbocycles. The fourth-order valence-electron chi connectivity index (χ4n) is 7.19. The summed E-state index contributed by atoms with van der Waals surface area (Å²) < 4.78 is 16.7. The fraction of sp³-hybridized carbons (Fsp3) is 0.629. The number of carbonyl (C=O) groups is 3. The summed E-state index contributed by atoms with van der Waals surface area (Å²) in [7, 11) is 0. The van der Waals surface area contributed by atoms with Crippen molar-refractivity contribution < 1.29 is 28.6 Å². The van der Waals surface area contributed by atoms with Gasteiger partial charge < -0.3 is 14.2 Å². The maximum atomic E-state index is 12.7. The Labute approximate surface area is 418 Å². The van der Waals surface area contributed by atoms with Gasteiger partial charge in [-0.15, -0.1) is 0 Å². The quantitative estimate of drug-likeness (QED) is 0.0262. The van der Waals surface area contributed by atoms with Crippen molar-refractivity contribution in [3.63, 3.8) is 0 Å². The van der Waals surface area contributed by atoms with Crippen LogP contribution in [-0.2, 0) is 28.6 Å². The minimum Gasteiger partial charge on any atom is -0.462 e. The zero-order valence-corrected chi connectivity index (χ0v) is 43.8. The fourth-order valence-corrected chi connectivity index (χ4v) is 7.19. The smallest absolute Gasteiger partial charge is 0.310 e. The molecule has 0 spiro atoms. The maximum Gasteiger partial charge on any atom is 0.310 e. The van der Waals surface area contributed by atoms with Crippen LogP contribution >= 0.6 is 0 Å². The number of hydrogen-bond donors (Lipinski definition) is 0. The van der Waals surface area contributed by atoms with Crippen LogP contribution in [0.3, 0.4) is 0 Å². The molecule has 0 rings (SSSR count). The van der Waals surface area contributed by atoms with Crippen molar-refractivity contribution in [3.8, 4) is 0 Å². The first-order valence-electron chi connectivity index (χ1n) is 27.5. The van der Waals surface area contributed by atoms with Gasteiger partial charge in [-0.3, -0.25) is 14.4 Å². The summed E-state index contributed by atoms with van der Waals surface area (Å²) in [5.74, 6) is -1.06. The lowest BCUT2D eigenvalue weighted by atomic mass is 10.0. The van der Waals surface area contributed by atoms with Crippen molar-refractivity contribution >= 4 is 17.9 Å². The molecule has 6 nitrogen and oxygen atoms in total. The van der Waals surface area contributed by atoms with E-state index >= 15 is 0 Å². The minimum atomic E-state index is -0.833. The second-order valence-electron chi connectivity index (χ2n) is 17.8. The number of rotatable bonds is 48. The first-order valence-corrected chi connectivity index (χ1v) is 27.5. The SMILES string of the molecule is CC/C=C\C/C=C\C/C=C\C/C=C\C/C=C\CCCCCCCCCCCCCC(=O)OCC(COC(=O)CCCCCCCCCC)OC(=O)C/C=C\C/C=C\C/C=C\C/C=C\C/C=C\CC. The van der Waals surface area contributed by atoms with Gasteiger partial charge in [0, 0.05) is 12.8 Å². The normalized spacial score (nSPS) is 13.0. The lowest BCUT2D eigenvalue weighted by molar-refractivity contribution is -0.166. The summed E-state index contributed by atoms with van der Waals surface area (Å²) in [6.45, 7) is 6.28. The first kappa shape index (κ1) is 63.8. The van der Waals surface area contributed by atoms with E-state index in [9.17, 15) is 14.4 Å². The van der Waals surface area contributed by atoms with Crippen LogP contribution in [0.15, 0.2) is 122 Å². The second kappa shape index (κ2) is 55.4. The van der Waals surface area contributed by atoms with E-state index in [1.807, 2.05) is 6.08 Å².